The van der Waals surface area contributed by atoms with Crippen molar-refractivity contribution in [3.05, 3.63) is 28.8 Å². The van der Waals surface area contributed by atoms with Gasteiger partial charge < -0.3 is 15.2 Å². The van der Waals surface area contributed by atoms with E-state index in [2.05, 4.69) is 12.2 Å². The van der Waals surface area contributed by atoms with Crippen LogP contribution in [-0.2, 0) is 9.53 Å². The molecule has 24 heavy (non-hydrogen) atoms. The second-order valence-electron chi connectivity index (χ2n) is 6.83. The molecule has 1 aliphatic rings. The van der Waals surface area contributed by atoms with Crippen LogP contribution < -0.4 is 5.32 Å². The minimum atomic E-state index is -0.896. The van der Waals surface area contributed by atoms with Gasteiger partial charge in [-0.2, -0.15) is 0 Å². The summed E-state index contributed by atoms with van der Waals surface area (Å²) in [5, 5.41) is 13.1. The molecule has 0 spiro atoms. The molecule has 5 nitrogen and oxygen atoms in total. The van der Waals surface area contributed by atoms with Crippen LogP contribution in [0.4, 0.5) is 0 Å². The lowest BCUT2D eigenvalue weighted by Gasteiger charge is -2.30. The highest BCUT2D eigenvalue weighted by molar-refractivity contribution is 5.95. The third kappa shape index (κ3) is 4.08. The van der Waals surface area contributed by atoms with Crippen molar-refractivity contribution in [1.29, 1.82) is 0 Å². The van der Waals surface area contributed by atoms with Crippen molar-refractivity contribution in [1.82, 2.24) is 5.32 Å². The van der Waals surface area contributed by atoms with Crippen molar-refractivity contribution in [2.24, 2.45) is 5.92 Å². The summed E-state index contributed by atoms with van der Waals surface area (Å²) < 4.78 is 5.24. The van der Waals surface area contributed by atoms with Gasteiger partial charge in [0.25, 0.3) is 5.91 Å². The average molecular weight is 333 g/mol. The Morgan fingerprint density at radius 2 is 1.92 bits per heavy atom. The van der Waals surface area contributed by atoms with Crippen LogP contribution in [0, 0.1) is 19.8 Å². The second kappa shape index (κ2) is 7.69. The number of aromatic hydroxyl groups is 1. The van der Waals surface area contributed by atoms with Crippen LogP contribution in [0.15, 0.2) is 12.1 Å². The summed E-state index contributed by atoms with van der Waals surface area (Å²) >= 11 is 0. The lowest BCUT2D eigenvalue weighted by molar-refractivity contribution is -0.130. The fraction of sp³-hybridized carbons (Fsp3) is 0.579. The number of carbonyl (C=O) groups is 2. The number of hydrogen-bond donors (Lipinski definition) is 2. The number of benzene rings is 1. The third-order valence-corrected chi connectivity index (χ3v) is 5.01. The predicted octanol–water partition coefficient (Wildman–Crippen LogP) is 3.25. The van der Waals surface area contributed by atoms with Crippen LogP contribution in [0.1, 0.15) is 61.0 Å². The highest BCUT2D eigenvalue weighted by Crippen LogP contribution is 2.26. The van der Waals surface area contributed by atoms with Gasteiger partial charge in [0, 0.05) is 6.04 Å². The smallest absolute Gasteiger partial charge is 0.342 e. The van der Waals surface area contributed by atoms with Crippen LogP contribution in [0.3, 0.4) is 0 Å². The quantitative estimate of drug-likeness (QED) is 0.829. The standard InChI is InChI=1S/C19H27NO4/c1-11-9-10-15(17(21)13(11)3)19(23)24-14(4)18(22)20-16-8-6-5-7-12(16)2/h9-10,12,14,16,21H,5-8H2,1-4H3,(H,20,22)/t12-,14-,16+/m1/s1. The maximum atomic E-state index is 12.3. The highest BCUT2D eigenvalue weighted by atomic mass is 16.5. The van der Waals surface area contributed by atoms with E-state index in [1.54, 1.807) is 19.9 Å². The minimum Gasteiger partial charge on any atom is -0.507 e. The zero-order valence-electron chi connectivity index (χ0n) is 14.9. The van der Waals surface area contributed by atoms with E-state index in [1.165, 1.54) is 12.5 Å². The fourth-order valence-corrected chi connectivity index (χ4v) is 3.07. The molecule has 2 N–H and O–H groups in total. The first-order chi connectivity index (χ1) is 11.3. The summed E-state index contributed by atoms with van der Waals surface area (Å²) in [5.41, 5.74) is 1.61. The van der Waals surface area contributed by atoms with Crippen molar-refractivity contribution < 1.29 is 19.4 Å². The molecule has 0 aromatic heterocycles. The molecule has 132 valence electrons. The summed E-state index contributed by atoms with van der Waals surface area (Å²) in [5.74, 6) is -0.622. The summed E-state index contributed by atoms with van der Waals surface area (Å²) in [6.07, 6.45) is 3.48. The Morgan fingerprint density at radius 3 is 2.58 bits per heavy atom. The van der Waals surface area contributed by atoms with Crippen molar-refractivity contribution in [2.45, 2.75) is 65.5 Å². The van der Waals surface area contributed by atoms with E-state index < -0.39 is 12.1 Å². The van der Waals surface area contributed by atoms with Gasteiger partial charge in [0.1, 0.15) is 11.3 Å². The minimum absolute atomic E-state index is 0.0868. The Kier molecular flexibility index (Phi) is 5.86. The lowest BCUT2D eigenvalue weighted by atomic mass is 9.86. The van der Waals surface area contributed by atoms with E-state index in [4.69, 9.17) is 4.74 Å². The van der Waals surface area contributed by atoms with E-state index in [0.717, 1.165) is 24.8 Å². The van der Waals surface area contributed by atoms with Crippen LogP contribution in [0.5, 0.6) is 5.75 Å². The van der Waals surface area contributed by atoms with Gasteiger partial charge in [-0.15, -0.1) is 0 Å². The van der Waals surface area contributed by atoms with Crippen LogP contribution in [0.2, 0.25) is 0 Å². The first kappa shape index (κ1) is 18.3. The largest absolute Gasteiger partial charge is 0.507 e. The predicted molar refractivity (Wildman–Crippen MR) is 92.0 cm³/mol. The molecule has 3 atom stereocenters. The molecule has 0 aliphatic heterocycles. The number of hydrogen-bond acceptors (Lipinski definition) is 4. The number of rotatable bonds is 4. The lowest BCUT2D eigenvalue weighted by Crippen LogP contribution is -2.46. The number of amides is 1. The summed E-state index contributed by atoms with van der Waals surface area (Å²) in [6.45, 7) is 7.28. The van der Waals surface area contributed by atoms with E-state index >= 15 is 0 Å². The molecule has 1 aromatic carbocycles. The molecule has 1 fully saturated rings. The van der Waals surface area contributed by atoms with Crippen LogP contribution in [-0.4, -0.2) is 29.1 Å². The van der Waals surface area contributed by atoms with Crippen molar-refractivity contribution in [3.8, 4) is 5.75 Å². The molecule has 0 saturated heterocycles. The second-order valence-corrected chi connectivity index (χ2v) is 6.83. The van der Waals surface area contributed by atoms with Gasteiger partial charge in [-0.3, -0.25) is 4.79 Å². The molecule has 1 aliphatic carbocycles. The SMILES string of the molecule is Cc1ccc(C(=O)O[C@H](C)C(=O)N[C@H]2CCCC[C@H]2C)c(O)c1C. The molecular formula is C19H27NO4. The third-order valence-electron chi connectivity index (χ3n) is 5.01. The molecule has 5 heteroatoms. The van der Waals surface area contributed by atoms with Crippen molar-refractivity contribution in [2.75, 3.05) is 0 Å². The molecule has 0 heterocycles. The Labute approximate surface area is 143 Å². The number of ether oxygens (including phenoxy) is 1. The Bertz CT molecular complexity index is 626. The zero-order valence-corrected chi connectivity index (χ0v) is 14.9. The number of nitrogens with one attached hydrogen (secondary N) is 1. The molecular weight excluding hydrogens is 306 g/mol. The topological polar surface area (TPSA) is 75.6 Å². The first-order valence-corrected chi connectivity index (χ1v) is 8.61. The molecule has 1 aromatic rings. The van der Waals surface area contributed by atoms with Gasteiger partial charge in [0.15, 0.2) is 6.10 Å². The maximum absolute atomic E-state index is 12.3. The molecule has 0 unspecified atom stereocenters. The Balaban J connectivity index is 1.98. The number of esters is 1. The van der Waals surface area contributed by atoms with Crippen molar-refractivity contribution >= 4 is 11.9 Å². The van der Waals surface area contributed by atoms with E-state index in [0.29, 0.717) is 11.5 Å². The van der Waals surface area contributed by atoms with Crippen LogP contribution >= 0.6 is 0 Å². The number of aryl methyl sites for hydroxylation is 1. The normalized spacial score (nSPS) is 21.8. The van der Waals surface area contributed by atoms with Gasteiger partial charge in [-0.25, -0.2) is 4.79 Å². The summed E-state index contributed by atoms with van der Waals surface area (Å²) in [7, 11) is 0. The van der Waals surface area contributed by atoms with Crippen LogP contribution in [0.25, 0.3) is 0 Å². The first-order valence-electron chi connectivity index (χ1n) is 8.61. The van der Waals surface area contributed by atoms with Gasteiger partial charge in [-0.05, 0) is 56.7 Å². The highest BCUT2D eigenvalue weighted by Gasteiger charge is 2.27. The van der Waals surface area contributed by atoms with E-state index in [1.807, 2.05) is 6.92 Å². The van der Waals surface area contributed by atoms with E-state index in [-0.39, 0.29) is 23.3 Å². The van der Waals surface area contributed by atoms with Gasteiger partial charge >= 0.3 is 5.97 Å². The maximum Gasteiger partial charge on any atom is 0.342 e. The fourth-order valence-electron chi connectivity index (χ4n) is 3.07. The molecule has 2 rings (SSSR count). The molecule has 0 bridgehead atoms. The number of phenolic OH excluding ortho intramolecular Hbond substituents is 1. The molecule has 0 radical (unpaired) electrons. The molecule has 1 saturated carbocycles. The van der Waals surface area contributed by atoms with Gasteiger partial charge in [-0.1, -0.05) is 25.8 Å². The zero-order chi connectivity index (χ0) is 17.9. The summed E-state index contributed by atoms with van der Waals surface area (Å²) in [6, 6.07) is 3.41. The van der Waals surface area contributed by atoms with Gasteiger partial charge in [0.05, 0.1) is 0 Å². The Morgan fingerprint density at radius 1 is 1.25 bits per heavy atom. The average Bonchev–Trinajstić information content (AvgIpc) is 2.54. The summed E-state index contributed by atoms with van der Waals surface area (Å²) in [4.78, 5) is 24.5. The van der Waals surface area contributed by atoms with E-state index in [9.17, 15) is 14.7 Å². The number of carbonyl (C=O) groups excluding carboxylic acids is 2. The van der Waals surface area contributed by atoms with Crippen molar-refractivity contribution in [3.63, 3.8) is 0 Å². The Hall–Kier alpha value is -2.04. The monoisotopic (exact) mass is 333 g/mol. The number of phenols is 1. The van der Waals surface area contributed by atoms with Gasteiger partial charge in [0.2, 0.25) is 0 Å². The molecule has 1 amide bonds.